The molecule has 10 heteroatoms. The number of hydrogen-bond donors (Lipinski definition) is 0. The lowest BCUT2D eigenvalue weighted by Crippen LogP contribution is -2.45. The average molecular weight is 461 g/mol. The number of para-hydroxylation sites is 1. The number of benzene rings is 2. The maximum absolute atomic E-state index is 13.3. The zero-order valence-corrected chi connectivity index (χ0v) is 19.3. The van der Waals surface area contributed by atoms with Crippen LogP contribution >= 0.6 is 0 Å². The Kier molecular flexibility index (Phi) is 7.02. The monoisotopic (exact) mass is 460 g/mol. The van der Waals surface area contributed by atoms with Gasteiger partial charge in [0.15, 0.2) is 0 Å². The summed E-state index contributed by atoms with van der Waals surface area (Å²) >= 11 is 0. The number of nitro benzene ring substituents is 1. The van der Waals surface area contributed by atoms with Gasteiger partial charge in [-0.2, -0.15) is 0 Å². The number of nitrogens with zero attached hydrogens (tertiary/aromatic N) is 4. The van der Waals surface area contributed by atoms with Gasteiger partial charge in [-0.3, -0.25) is 19.2 Å². The van der Waals surface area contributed by atoms with Gasteiger partial charge in [0.2, 0.25) is 5.91 Å². The van der Waals surface area contributed by atoms with Crippen LogP contribution in [0.4, 0.5) is 17.1 Å². The van der Waals surface area contributed by atoms with Crippen molar-refractivity contribution in [2.45, 2.75) is 37.6 Å². The van der Waals surface area contributed by atoms with E-state index in [1.807, 2.05) is 4.90 Å². The zero-order valence-electron chi connectivity index (χ0n) is 18.5. The molecule has 2 aromatic carbocycles. The molecule has 0 N–H and O–H groups in total. The molecule has 0 bridgehead atoms. The quantitative estimate of drug-likeness (QED) is 0.464. The standard InChI is InChI=1S/C22H28N4O5S/c1-4-25(19-8-6-5-7-9-19)32(30,31)20-10-11-21(22(16-20)26(28)29)24-14-12-18(13-15-24)23(3)17(2)27/h5-11,16,18H,4,12-15H2,1-3H3. The second-order valence-corrected chi connectivity index (χ2v) is 9.62. The van der Waals surface area contributed by atoms with Crippen molar-refractivity contribution in [2.75, 3.05) is 35.9 Å². The molecule has 0 spiro atoms. The van der Waals surface area contributed by atoms with Gasteiger partial charge in [0.25, 0.3) is 15.7 Å². The number of hydrogen-bond acceptors (Lipinski definition) is 6. The Hall–Kier alpha value is -3.14. The van der Waals surface area contributed by atoms with Crippen LogP contribution in [-0.2, 0) is 14.8 Å². The Morgan fingerprint density at radius 1 is 1.16 bits per heavy atom. The summed E-state index contributed by atoms with van der Waals surface area (Å²) in [6, 6.07) is 12.8. The maximum Gasteiger partial charge on any atom is 0.293 e. The van der Waals surface area contributed by atoms with Gasteiger partial charge in [-0.15, -0.1) is 0 Å². The van der Waals surface area contributed by atoms with Crippen LogP contribution in [0.15, 0.2) is 53.4 Å². The molecular formula is C22H28N4O5S. The normalized spacial score (nSPS) is 14.8. The molecule has 1 fully saturated rings. The van der Waals surface area contributed by atoms with E-state index in [1.54, 1.807) is 49.2 Å². The summed E-state index contributed by atoms with van der Waals surface area (Å²) in [5.41, 5.74) is 0.646. The van der Waals surface area contributed by atoms with Gasteiger partial charge in [-0.05, 0) is 44.0 Å². The molecule has 0 radical (unpaired) electrons. The molecule has 32 heavy (non-hydrogen) atoms. The highest BCUT2D eigenvalue weighted by Gasteiger charge is 2.31. The van der Waals surface area contributed by atoms with E-state index in [0.29, 0.717) is 37.3 Å². The minimum absolute atomic E-state index is 0.0112. The van der Waals surface area contributed by atoms with E-state index >= 15 is 0 Å². The second-order valence-electron chi connectivity index (χ2n) is 7.76. The second kappa shape index (κ2) is 9.56. The van der Waals surface area contributed by atoms with Crippen molar-refractivity contribution in [2.24, 2.45) is 0 Å². The first-order valence-electron chi connectivity index (χ1n) is 10.5. The van der Waals surface area contributed by atoms with E-state index in [-0.39, 0.29) is 29.1 Å². The highest BCUT2D eigenvalue weighted by atomic mass is 32.2. The number of sulfonamides is 1. The molecule has 1 amide bonds. The number of amides is 1. The van der Waals surface area contributed by atoms with Gasteiger partial charge < -0.3 is 9.80 Å². The van der Waals surface area contributed by atoms with Gasteiger partial charge >= 0.3 is 0 Å². The van der Waals surface area contributed by atoms with Crippen molar-refractivity contribution in [1.29, 1.82) is 0 Å². The molecule has 1 aliphatic heterocycles. The van der Waals surface area contributed by atoms with Crippen molar-refractivity contribution in [3.8, 4) is 0 Å². The van der Waals surface area contributed by atoms with Crippen molar-refractivity contribution < 1.29 is 18.1 Å². The molecule has 1 saturated heterocycles. The van der Waals surface area contributed by atoms with Gasteiger partial charge in [0.05, 0.1) is 15.5 Å². The smallest absolute Gasteiger partial charge is 0.293 e. The zero-order chi connectivity index (χ0) is 23.5. The summed E-state index contributed by atoms with van der Waals surface area (Å²) in [6.45, 7) is 4.51. The van der Waals surface area contributed by atoms with Crippen LogP contribution in [-0.4, -0.2) is 56.9 Å². The minimum Gasteiger partial charge on any atom is -0.366 e. The van der Waals surface area contributed by atoms with E-state index < -0.39 is 14.9 Å². The van der Waals surface area contributed by atoms with E-state index in [9.17, 15) is 23.3 Å². The van der Waals surface area contributed by atoms with E-state index in [4.69, 9.17) is 0 Å². The summed E-state index contributed by atoms with van der Waals surface area (Å²) in [4.78, 5) is 26.4. The van der Waals surface area contributed by atoms with Crippen LogP contribution in [0.5, 0.6) is 0 Å². The van der Waals surface area contributed by atoms with Gasteiger partial charge in [0.1, 0.15) is 5.69 Å². The Morgan fingerprint density at radius 3 is 2.31 bits per heavy atom. The third-order valence-electron chi connectivity index (χ3n) is 5.91. The number of piperidine rings is 1. The summed E-state index contributed by atoms with van der Waals surface area (Å²) in [7, 11) is -2.21. The third kappa shape index (κ3) is 4.69. The summed E-state index contributed by atoms with van der Waals surface area (Å²) in [5, 5.41) is 11.8. The van der Waals surface area contributed by atoms with Crippen molar-refractivity contribution >= 4 is 33.0 Å². The number of rotatable bonds is 7. The average Bonchev–Trinajstić information content (AvgIpc) is 2.79. The minimum atomic E-state index is -3.97. The van der Waals surface area contributed by atoms with Crippen molar-refractivity contribution in [3.63, 3.8) is 0 Å². The van der Waals surface area contributed by atoms with Crippen LogP contribution in [0.2, 0.25) is 0 Å². The Bertz CT molecular complexity index is 1080. The molecule has 0 atom stereocenters. The fraction of sp³-hybridized carbons (Fsp3) is 0.409. The van der Waals surface area contributed by atoms with Gasteiger partial charge in [0, 0.05) is 45.7 Å². The molecule has 0 saturated carbocycles. The molecule has 2 aromatic rings. The first kappa shape index (κ1) is 23.5. The molecule has 172 valence electrons. The van der Waals surface area contributed by atoms with E-state index in [2.05, 4.69) is 0 Å². The Labute approximate surface area is 188 Å². The first-order chi connectivity index (χ1) is 15.2. The van der Waals surface area contributed by atoms with Crippen LogP contribution < -0.4 is 9.21 Å². The first-order valence-corrected chi connectivity index (χ1v) is 12.0. The predicted molar refractivity (Wildman–Crippen MR) is 123 cm³/mol. The number of anilines is 2. The maximum atomic E-state index is 13.3. The topological polar surface area (TPSA) is 104 Å². The summed E-state index contributed by atoms with van der Waals surface area (Å²) in [5.74, 6) is -0.0112. The Balaban J connectivity index is 1.90. The van der Waals surface area contributed by atoms with E-state index in [0.717, 1.165) is 6.07 Å². The third-order valence-corrected chi connectivity index (χ3v) is 7.81. The lowest BCUT2D eigenvalue weighted by Gasteiger charge is -2.37. The molecule has 9 nitrogen and oxygen atoms in total. The largest absolute Gasteiger partial charge is 0.366 e. The van der Waals surface area contributed by atoms with Crippen molar-refractivity contribution in [3.05, 3.63) is 58.6 Å². The van der Waals surface area contributed by atoms with Crippen LogP contribution in [0.25, 0.3) is 0 Å². The summed E-state index contributed by atoms with van der Waals surface area (Å²) < 4.78 is 27.8. The number of nitro groups is 1. The molecule has 1 aliphatic rings. The highest BCUT2D eigenvalue weighted by molar-refractivity contribution is 7.92. The lowest BCUT2D eigenvalue weighted by atomic mass is 10.0. The van der Waals surface area contributed by atoms with Gasteiger partial charge in [-0.25, -0.2) is 8.42 Å². The molecule has 0 aliphatic carbocycles. The number of carbonyl (C=O) groups excluding carboxylic acids is 1. The Morgan fingerprint density at radius 2 is 1.78 bits per heavy atom. The molecule has 0 unspecified atom stereocenters. The van der Waals surface area contributed by atoms with E-state index in [1.165, 1.54) is 23.4 Å². The number of carbonyl (C=O) groups is 1. The predicted octanol–water partition coefficient (Wildman–Crippen LogP) is 3.26. The SMILES string of the molecule is CCN(c1ccccc1)S(=O)(=O)c1ccc(N2CCC(N(C)C(C)=O)CC2)c([N+](=O)[O-])c1. The highest BCUT2D eigenvalue weighted by Crippen LogP contribution is 2.34. The molecule has 3 rings (SSSR count). The van der Waals surface area contributed by atoms with Crippen LogP contribution in [0.3, 0.4) is 0 Å². The van der Waals surface area contributed by atoms with Gasteiger partial charge in [-0.1, -0.05) is 18.2 Å². The lowest BCUT2D eigenvalue weighted by molar-refractivity contribution is -0.384. The molecule has 0 aromatic heterocycles. The molecule has 1 heterocycles. The van der Waals surface area contributed by atoms with Crippen LogP contribution in [0.1, 0.15) is 26.7 Å². The van der Waals surface area contributed by atoms with Crippen molar-refractivity contribution in [1.82, 2.24) is 4.90 Å². The fourth-order valence-corrected chi connectivity index (χ4v) is 5.54. The summed E-state index contributed by atoms with van der Waals surface area (Å²) in [6.07, 6.45) is 1.37. The molecular weight excluding hydrogens is 432 g/mol. The van der Waals surface area contributed by atoms with Crippen LogP contribution in [0, 0.1) is 10.1 Å². The fourth-order valence-electron chi connectivity index (χ4n) is 4.04.